The van der Waals surface area contributed by atoms with Crippen LogP contribution >= 0.6 is 0 Å². The number of halogens is 2. The van der Waals surface area contributed by atoms with E-state index in [-0.39, 0.29) is 11.3 Å². The molecule has 0 fully saturated rings. The summed E-state index contributed by atoms with van der Waals surface area (Å²) in [6, 6.07) is 2.55. The van der Waals surface area contributed by atoms with Crippen molar-refractivity contribution in [2.75, 3.05) is 7.11 Å². The Balaban J connectivity index is 3.12. The van der Waals surface area contributed by atoms with Crippen molar-refractivity contribution in [1.82, 2.24) is 0 Å². The summed E-state index contributed by atoms with van der Waals surface area (Å²) in [7, 11) is 1.23. The van der Waals surface area contributed by atoms with Gasteiger partial charge in [0.15, 0.2) is 11.6 Å². The molecule has 0 saturated carbocycles. The number of rotatable bonds is 3. The van der Waals surface area contributed by atoms with Crippen LogP contribution in [-0.4, -0.2) is 13.0 Å². The normalized spacial score (nSPS) is 10.6. The van der Waals surface area contributed by atoms with Crippen molar-refractivity contribution in [2.45, 2.75) is 0 Å². The second-order valence-electron chi connectivity index (χ2n) is 2.72. The molecule has 1 aromatic rings. The van der Waals surface area contributed by atoms with Gasteiger partial charge in [-0.25, -0.2) is 4.39 Å². The van der Waals surface area contributed by atoms with E-state index in [1.807, 2.05) is 0 Å². The summed E-state index contributed by atoms with van der Waals surface area (Å²) in [5.41, 5.74) is 4.75. The average molecular weight is 213 g/mol. The van der Waals surface area contributed by atoms with E-state index in [4.69, 9.17) is 5.73 Å². The molecule has 0 aliphatic rings. The fourth-order valence-corrected chi connectivity index (χ4v) is 1.00. The van der Waals surface area contributed by atoms with Crippen LogP contribution in [0.5, 0.6) is 5.75 Å². The molecule has 0 unspecified atom stereocenters. The van der Waals surface area contributed by atoms with E-state index < -0.39 is 17.5 Å². The highest BCUT2D eigenvalue weighted by molar-refractivity contribution is 5.90. The predicted molar refractivity (Wildman–Crippen MR) is 51.1 cm³/mol. The number of carbonyl (C=O) groups is 1. The molecule has 3 nitrogen and oxygen atoms in total. The first kappa shape index (κ1) is 11.2. The standard InChI is InChI=1S/C10H9F2NO2/c1-15-7-4-2-6(3-5-8(13)14)9(11)10(7)12/h2-5H,1H3,(H2,13,14). The molecule has 0 radical (unpaired) electrons. The Morgan fingerprint density at radius 2 is 2.07 bits per heavy atom. The number of amides is 1. The van der Waals surface area contributed by atoms with Gasteiger partial charge in [-0.2, -0.15) is 4.39 Å². The Morgan fingerprint density at radius 1 is 1.40 bits per heavy atom. The molecular formula is C10H9F2NO2. The molecule has 80 valence electrons. The molecule has 2 N–H and O–H groups in total. The van der Waals surface area contributed by atoms with Crippen LogP contribution < -0.4 is 10.5 Å². The van der Waals surface area contributed by atoms with Gasteiger partial charge in [-0.05, 0) is 18.2 Å². The van der Waals surface area contributed by atoms with Crippen molar-refractivity contribution < 1.29 is 18.3 Å². The van der Waals surface area contributed by atoms with Gasteiger partial charge in [-0.15, -0.1) is 0 Å². The molecule has 15 heavy (non-hydrogen) atoms. The van der Waals surface area contributed by atoms with Crippen LogP contribution in [0, 0.1) is 11.6 Å². The highest BCUT2D eigenvalue weighted by Crippen LogP contribution is 2.22. The van der Waals surface area contributed by atoms with Crippen molar-refractivity contribution in [2.24, 2.45) is 5.73 Å². The van der Waals surface area contributed by atoms with Crippen molar-refractivity contribution in [1.29, 1.82) is 0 Å². The number of hydrogen-bond acceptors (Lipinski definition) is 2. The number of nitrogens with two attached hydrogens (primary N) is 1. The summed E-state index contributed by atoms with van der Waals surface area (Å²) < 4.78 is 31.0. The molecule has 1 rings (SSSR count). The third kappa shape index (κ3) is 2.52. The number of carbonyl (C=O) groups excluding carboxylic acids is 1. The van der Waals surface area contributed by atoms with E-state index in [0.29, 0.717) is 0 Å². The zero-order valence-electron chi connectivity index (χ0n) is 7.96. The molecule has 0 aromatic heterocycles. The first-order chi connectivity index (χ1) is 7.06. The largest absolute Gasteiger partial charge is 0.494 e. The molecule has 0 aliphatic carbocycles. The van der Waals surface area contributed by atoms with Crippen LogP contribution in [0.15, 0.2) is 18.2 Å². The lowest BCUT2D eigenvalue weighted by Gasteiger charge is -2.03. The molecule has 0 atom stereocenters. The van der Waals surface area contributed by atoms with E-state index >= 15 is 0 Å². The van der Waals surface area contributed by atoms with Crippen molar-refractivity contribution in [3.05, 3.63) is 35.4 Å². The van der Waals surface area contributed by atoms with E-state index in [2.05, 4.69) is 4.74 Å². The minimum atomic E-state index is -1.09. The van der Waals surface area contributed by atoms with Gasteiger partial charge in [0.05, 0.1) is 7.11 Å². The van der Waals surface area contributed by atoms with Crippen LogP contribution in [-0.2, 0) is 4.79 Å². The summed E-state index contributed by atoms with van der Waals surface area (Å²) in [6.45, 7) is 0. The smallest absolute Gasteiger partial charge is 0.241 e. The Bertz CT molecular complexity index is 416. The fourth-order valence-electron chi connectivity index (χ4n) is 1.00. The van der Waals surface area contributed by atoms with E-state index in [1.165, 1.54) is 19.2 Å². The third-order valence-corrected chi connectivity index (χ3v) is 1.72. The van der Waals surface area contributed by atoms with E-state index in [9.17, 15) is 13.6 Å². The Morgan fingerprint density at radius 3 is 2.60 bits per heavy atom. The zero-order valence-corrected chi connectivity index (χ0v) is 7.96. The number of methoxy groups -OCH3 is 1. The summed E-state index contributed by atoms with van der Waals surface area (Å²) >= 11 is 0. The number of primary amides is 1. The van der Waals surface area contributed by atoms with Crippen LogP contribution in [0.1, 0.15) is 5.56 Å². The minimum absolute atomic E-state index is 0.0629. The average Bonchev–Trinajstić information content (AvgIpc) is 2.20. The lowest BCUT2D eigenvalue weighted by molar-refractivity contribution is -0.113. The highest BCUT2D eigenvalue weighted by Gasteiger charge is 2.11. The van der Waals surface area contributed by atoms with Gasteiger partial charge in [0.25, 0.3) is 0 Å². The van der Waals surface area contributed by atoms with E-state index in [1.54, 1.807) is 0 Å². The highest BCUT2D eigenvalue weighted by atomic mass is 19.2. The second-order valence-corrected chi connectivity index (χ2v) is 2.72. The molecule has 0 saturated heterocycles. The number of benzene rings is 1. The molecule has 0 heterocycles. The molecule has 0 spiro atoms. The number of hydrogen-bond donors (Lipinski definition) is 1. The Kier molecular flexibility index (Phi) is 3.38. The Hall–Kier alpha value is -1.91. The van der Waals surface area contributed by atoms with Gasteiger partial charge in [-0.3, -0.25) is 4.79 Å². The van der Waals surface area contributed by atoms with Crippen LogP contribution in [0.25, 0.3) is 6.08 Å². The maximum absolute atomic E-state index is 13.2. The third-order valence-electron chi connectivity index (χ3n) is 1.72. The molecule has 1 amide bonds. The first-order valence-corrected chi connectivity index (χ1v) is 4.05. The van der Waals surface area contributed by atoms with Crippen LogP contribution in [0.3, 0.4) is 0 Å². The summed E-state index contributed by atoms with van der Waals surface area (Å²) in [6.07, 6.45) is 2.05. The number of ether oxygens (including phenoxy) is 1. The van der Waals surface area contributed by atoms with Gasteiger partial charge >= 0.3 is 0 Å². The summed E-state index contributed by atoms with van der Waals surface area (Å²) in [5.74, 6) is -3.09. The maximum atomic E-state index is 13.2. The SMILES string of the molecule is COc1ccc(C=CC(N)=O)c(F)c1F. The first-order valence-electron chi connectivity index (χ1n) is 4.05. The zero-order chi connectivity index (χ0) is 11.4. The van der Waals surface area contributed by atoms with Gasteiger partial charge in [0.2, 0.25) is 11.7 Å². The lowest BCUT2D eigenvalue weighted by atomic mass is 10.2. The van der Waals surface area contributed by atoms with Crippen molar-refractivity contribution >= 4 is 12.0 Å². The fraction of sp³-hybridized carbons (Fsp3) is 0.100. The molecule has 0 aliphatic heterocycles. The van der Waals surface area contributed by atoms with Crippen LogP contribution in [0.4, 0.5) is 8.78 Å². The molecule has 0 bridgehead atoms. The molecule has 1 aromatic carbocycles. The summed E-state index contributed by atoms with van der Waals surface area (Å²) in [4.78, 5) is 10.4. The molecular weight excluding hydrogens is 204 g/mol. The lowest BCUT2D eigenvalue weighted by Crippen LogP contribution is -2.05. The summed E-state index contributed by atoms with van der Waals surface area (Å²) in [5, 5.41) is 0. The maximum Gasteiger partial charge on any atom is 0.241 e. The molecule has 5 heteroatoms. The topological polar surface area (TPSA) is 52.3 Å². The quantitative estimate of drug-likeness (QED) is 0.773. The second kappa shape index (κ2) is 4.54. The Labute approximate surface area is 85.1 Å². The van der Waals surface area contributed by atoms with Crippen LogP contribution in [0.2, 0.25) is 0 Å². The monoisotopic (exact) mass is 213 g/mol. The van der Waals surface area contributed by atoms with Gasteiger partial charge < -0.3 is 10.5 Å². The minimum Gasteiger partial charge on any atom is -0.494 e. The van der Waals surface area contributed by atoms with E-state index in [0.717, 1.165) is 12.2 Å². The van der Waals surface area contributed by atoms with Gasteiger partial charge in [0.1, 0.15) is 0 Å². The van der Waals surface area contributed by atoms with Crippen molar-refractivity contribution in [3.8, 4) is 5.75 Å². The predicted octanol–water partition coefficient (Wildman–Crippen LogP) is 1.47. The van der Waals surface area contributed by atoms with Gasteiger partial charge in [-0.1, -0.05) is 0 Å². The van der Waals surface area contributed by atoms with Gasteiger partial charge in [0, 0.05) is 11.6 Å². The van der Waals surface area contributed by atoms with Crippen molar-refractivity contribution in [3.63, 3.8) is 0 Å².